The van der Waals surface area contributed by atoms with E-state index in [4.69, 9.17) is 0 Å². The van der Waals surface area contributed by atoms with Gasteiger partial charge in [-0.1, -0.05) is 0 Å². The van der Waals surface area contributed by atoms with Gasteiger partial charge < -0.3 is 20.2 Å². The van der Waals surface area contributed by atoms with Crippen molar-refractivity contribution >= 4 is 49.8 Å². The molecule has 0 aliphatic carbocycles. The van der Waals surface area contributed by atoms with E-state index < -0.39 is 55.3 Å². The number of benzene rings is 1. The first kappa shape index (κ1) is 20.1. The van der Waals surface area contributed by atoms with Crippen LogP contribution in [0, 0.1) is 0 Å². The summed E-state index contributed by atoms with van der Waals surface area (Å²) in [4.78, 5) is 36.3. The van der Waals surface area contributed by atoms with Crippen LogP contribution in [0.3, 0.4) is 0 Å². The maximum atomic E-state index is 12.7. The van der Waals surface area contributed by atoms with Crippen molar-refractivity contribution in [3.63, 3.8) is 0 Å². The van der Waals surface area contributed by atoms with Crippen LogP contribution in [0.1, 0.15) is 23.7 Å². The van der Waals surface area contributed by atoms with Gasteiger partial charge in [-0.3, -0.25) is 9.59 Å². The Morgan fingerprint density at radius 1 is 1.36 bits per heavy atom. The summed E-state index contributed by atoms with van der Waals surface area (Å²) in [6.45, 7) is 1.12. The van der Waals surface area contributed by atoms with Gasteiger partial charge in [-0.15, -0.1) is 0 Å². The van der Waals surface area contributed by atoms with Gasteiger partial charge in [-0.05, 0) is 35.0 Å². The van der Waals surface area contributed by atoms with Crippen LogP contribution < -0.4 is 5.43 Å². The van der Waals surface area contributed by atoms with Gasteiger partial charge in [0.05, 0.1) is 12.0 Å². The molecular formula is C15H14BrN3O8S. The van der Waals surface area contributed by atoms with E-state index in [0.29, 0.717) is 0 Å². The molecule has 0 saturated carbocycles. The Morgan fingerprint density at radius 3 is 2.54 bits per heavy atom. The second-order valence-electron chi connectivity index (χ2n) is 6.45. The first-order valence-corrected chi connectivity index (χ1v) is 10.1. The molecule has 1 aromatic rings. The highest BCUT2D eigenvalue weighted by Crippen LogP contribution is 2.45. The molecule has 13 heteroatoms. The number of sulfone groups is 1. The molecule has 0 bridgehead atoms. The van der Waals surface area contributed by atoms with E-state index >= 15 is 0 Å². The predicted molar refractivity (Wildman–Crippen MR) is 97.4 cm³/mol. The van der Waals surface area contributed by atoms with Crippen LogP contribution in [-0.2, 0) is 19.4 Å². The third-order valence-corrected chi connectivity index (χ3v) is 8.09. The van der Waals surface area contributed by atoms with Gasteiger partial charge in [0, 0.05) is 10.7 Å². The van der Waals surface area contributed by atoms with Crippen molar-refractivity contribution in [2.75, 3.05) is 0 Å². The number of carboxylic acid groups (broad SMARTS) is 1. The summed E-state index contributed by atoms with van der Waals surface area (Å²) in [6.07, 6.45) is 0.473. The van der Waals surface area contributed by atoms with Crippen LogP contribution in [0.2, 0.25) is 0 Å². The highest BCUT2D eigenvalue weighted by Gasteiger charge is 2.69. The SMILES string of the molecule is C[C@]1(/C=N/NC(=O)c2cc(O)c(O)cc2Br)[C@H](C(=O)O)N2C(=O)C[C@H]2S1(=O)=O. The number of carbonyl (C=O) groups excluding carboxylic acids is 2. The average Bonchev–Trinajstić information content (AvgIpc) is 2.72. The Hall–Kier alpha value is -2.67. The van der Waals surface area contributed by atoms with Crippen LogP contribution in [-0.4, -0.2) is 68.8 Å². The number of carboxylic acids is 1. The molecule has 4 N–H and O–H groups in total. The first-order valence-electron chi connectivity index (χ1n) is 7.75. The molecule has 3 atom stereocenters. The van der Waals surface area contributed by atoms with E-state index in [1.807, 2.05) is 5.43 Å². The minimum Gasteiger partial charge on any atom is -0.504 e. The number of halogens is 1. The van der Waals surface area contributed by atoms with Crippen LogP contribution in [0.25, 0.3) is 0 Å². The number of nitrogens with one attached hydrogen (secondary N) is 1. The molecule has 2 aliphatic heterocycles. The van der Waals surface area contributed by atoms with Gasteiger partial charge in [0.25, 0.3) is 5.91 Å². The summed E-state index contributed by atoms with van der Waals surface area (Å²) < 4.78 is 23.5. The van der Waals surface area contributed by atoms with Crippen molar-refractivity contribution in [1.29, 1.82) is 0 Å². The summed E-state index contributed by atoms with van der Waals surface area (Å²) in [5.41, 5.74) is 1.93. The Morgan fingerprint density at radius 2 is 1.96 bits per heavy atom. The number of fused-ring (bicyclic) bond motifs is 1. The summed E-state index contributed by atoms with van der Waals surface area (Å²) in [5, 5.41) is 30.6. The Bertz CT molecular complexity index is 1040. The quantitative estimate of drug-likeness (QED) is 0.200. The van der Waals surface area contributed by atoms with Gasteiger partial charge in [-0.25, -0.2) is 18.6 Å². The smallest absolute Gasteiger partial charge is 0.328 e. The summed E-state index contributed by atoms with van der Waals surface area (Å²) in [7, 11) is -4.10. The van der Waals surface area contributed by atoms with Crippen molar-refractivity contribution in [3.8, 4) is 11.5 Å². The lowest BCUT2D eigenvalue weighted by molar-refractivity contribution is -0.156. The fourth-order valence-corrected chi connectivity index (χ4v) is 5.93. The number of aliphatic carboxylic acids is 1. The second-order valence-corrected chi connectivity index (χ2v) is 9.82. The molecule has 1 aromatic carbocycles. The maximum Gasteiger partial charge on any atom is 0.328 e. The van der Waals surface area contributed by atoms with Crippen LogP contribution >= 0.6 is 15.9 Å². The number of hydrogen-bond acceptors (Lipinski definition) is 8. The van der Waals surface area contributed by atoms with Crippen molar-refractivity contribution in [3.05, 3.63) is 22.2 Å². The molecule has 150 valence electrons. The van der Waals surface area contributed by atoms with Crippen LogP contribution in [0.4, 0.5) is 0 Å². The minimum absolute atomic E-state index is 0.110. The molecule has 28 heavy (non-hydrogen) atoms. The van der Waals surface area contributed by atoms with E-state index in [0.717, 1.165) is 30.2 Å². The number of β-lactam (4-membered cyclic amide) rings is 1. The number of nitrogens with zero attached hydrogens (tertiary/aromatic N) is 2. The molecule has 2 heterocycles. The zero-order chi connectivity index (χ0) is 21.0. The highest BCUT2D eigenvalue weighted by molar-refractivity contribution is 9.10. The molecule has 0 unspecified atom stereocenters. The molecule has 2 aliphatic rings. The lowest BCUT2D eigenvalue weighted by atomic mass is 9.97. The second kappa shape index (κ2) is 6.44. The van der Waals surface area contributed by atoms with Gasteiger partial charge in [-0.2, -0.15) is 5.10 Å². The molecule has 2 amide bonds. The van der Waals surface area contributed by atoms with Crippen LogP contribution in [0.5, 0.6) is 11.5 Å². The number of phenolic OH excluding ortho intramolecular Hbond substituents is 2. The highest BCUT2D eigenvalue weighted by atomic mass is 79.9. The fourth-order valence-electron chi connectivity index (χ4n) is 3.21. The monoisotopic (exact) mass is 475 g/mol. The summed E-state index contributed by atoms with van der Waals surface area (Å²) in [6, 6.07) is 0.366. The lowest BCUT2D eigenvalue weighted by Gasteiger charge is -2.35. The number of hydrazone groups is 1. The number of phenols is 2. The first-order chi connectivity index (χ1) is 12.9. The zero-order valence-electron chi connectivity index (χ0n) is 14.2. The largest absolute Gasteiger partial charge is 0.504 e. The van der Waals surface area contributed by atoms with Gasteiger partial charge >= 0.3 is 5.97 Å². The molecular weight excluding hydrogens is 462 g/mol. The van der Waals surface area contributed by atoms with E-state index in [9.17, 15) is 38.1 Å². The maximum absolute atomic E-state index is 12.7. The predicted octanol–water partition coefficient (Wildman–Crippen LogP) is -0.225. The fraction of sp³-hybridized carbons (Fsp3) is 0.333. The van der Waals surface area contributed by atoms with E-state index in [1.54, 1.807) is 0 Å². The molecule has 2 saturated heterocycles. The zero-order valence-corrected chi connectivity index (χ0v) is 16.6. The molecule has 2 fully saturated rings. The number of aromatic hydroxyl groups is 2. The summed E-state index contributed by atoms with van der Waals surface area (Å²) >= 11 is 3.03. The topological polar surface area (TPSA) is 174 Å². The molecule has 0 aromatic heterocycles. The standard InChI is InChI=1S/C15H14BrN3O8S/c1-15(12(14(24)25)19-10(22)4-11(19)28(15,26)27)5-17-18-13(23)6-2-8(20)9(21)3-7(6)16/h2-3,5,11-12,20-21H,4H2,1H3,(H,18,23)(H,24,25)/b17-5+/t11-,12+,15+/m1/s1. The Labute approximate surface area is 166 Å². The normalized spacial score (nSPS) is 28.1. The van der Waals surface area contributed by atoms with E-state index in [2.05, 4.69) is 21.0 Å². The minimum atomic E-state index is -4.10. The molecule has 3 rings (SSSR count). The number of hydrogen-bond donors (Lipinski definition) is 4. The van der Waals surface area contributed by atoms with Gasteiger partial charge in [0.15, 0.2) is 27.4 Å². The van der Waals surface area contributed by atoms with E-state index in [-0.39, 0.29) is 16.5 Å². The van der Waals surface area contributed by atoms with Crippen molar-refractivity contribution in [1.82, 2.24) is 10.3 Å². The summed E-state index contributed by atoms with van der Waals surface area (Å²) in [5.74, 6) is -3.98. The average molecular weight is 476 g/mol. The third-order valence-electron chi connectivity index (χ3n) is 4.77. The Balaban J connectivity index is 1.88. The van der Waals surface area contributed by atoms with Gasteiger partial charge in [0.1, 0.15) is 10.1 Å². The van der Waals surface area contributed by atoms with Crippen molar-refractivity contribution < 1.29 is 38.1 Å². The number of rotatable bonds is 4. The molecule has 11 nitrogen and oxygen atoms in total. The third kappa shape index (κ3) is 2.73. The van der Waals surface area contributed by atoms with Crippen molar-refractivity contribution in [2.45, 2.75) is 29.5 Å². The van der Waals surface area contributed by atoms with Crippen molar-refractivity contribution in [2.24, 2.45) is 5.10 Å². The number of carbonyl (C=O) groups is 3. The molecule has 0 spiro atoms. The number of amides is 2. The van der Waals surface area contributed by atoms with Crippen LogP contribution in [0.15, 0.2) is 21.7 Å². The Kier molecular flexibility index (Phi) is 4.62. The lowest BCUT2D eigenvalue weighted by Crippen LogP contribution is -2.57. The van der Waals surface area contributed by atoms with Gasteiger partial charge in [0.2, 0.25) is 5.91 Å². The molecule has 0 radical (unpaired) electrons. The van der Waals surface area contributed by atoms with E-state index in [1.165, 1.54) is 0 Å².